The molecule has 0 saturated heterocycles. The summed E-state index contributed by atoms with van der Waals surface area (Å²) < 4.78 is 5.03. The lowest BCUT2D eigenvalue weighted by atomic mass is 9.85. The van der Waals surface area contributed by atoms with Crippen molar-refractivity contribution in [1.29, 1.82) is 0 Å². The van der Waals surface area contributed by atoms with Gasteiger partial charge < -0.3 is 9.64 Å². The summed E-state index contributed by atoms with van der Waals surface area (Å²) in [5.41, 5.74) is 3.61. The van der Waals surface area contributed by atoms with Gasteiger partial charge in [-0.05, 0) is 17.5 Å². The summed E-state index contributed by atoms with van der Waals surface area (Å²) in [5, 5.41) is 0. The van der Waals surface area contributed by atoms with E-state index in [9.17, 15) is 9.59 Å². The third-order valence-electron chi connectivity index (χ3n) is 4.25. The van der Waals surface area contributed by atoms with Crippen molar-refractivity contribution in [3.05, 3.63) is 46.7 Å². The Morgan fingerprint density at radius 3 is 2.95 bits per heavy atom. The van der Waals surface area contributed by atoms with Crippen LogP contribution in [0.4, 0.5) is 0 Å². The first kappa shape index (κ1) is 10.8. The summed E-state index contributed by atoms with van der Waals surface area (Å²) in [4.78, 5) is 26.0. The maximum atomic E-state index is 12.2. The number of ketones is 1. The average Bonchev–Trinajstić information content (AvgIpc) is 2.82. The molecule has 3 aliphatic rings. The molecule has 1 aromatic rings. The van der Waals surface area contributed by atoms with Crippen LogP contribution in [0, 0.1) is 0 Å². The van der Waals surface area contributed by atoms with Gasteiger partial charge in [0.2, 0.25) is 0 Å². The predicted octanol–water partition coefficient (Wildman–Crippen LogP) is 1.37. The van der Waals surface area contributed by atoms with Gasteiger partial charge in [0.25, 0.3) is 0 Å². The second-order valence-corrected chi connectivity index (χ2v) is 5.18. The molecule has 0 unspecified atom stereocenters. The van der Waals surface area contributed by atoms with Gasteiger partial charge in [-0.2, -0.15) is 0 Å². The first-order chi connectivity index (χ1) is 9.25. The van der Waals surface area contributed by atoms with Crippen LogP contribution in [0.1, 0.15) is 23.6 Å². The predicted molar refractivity (Wildman–Crippen MR) is 67.2 cm³/mol. The van der Waals surface area contributed by atoms with Crippen molar-refractivity contribution in [2.75, 3.05) is 13.2 Å². The molecule has 3 heterocycles. The van der Waals surface area contributed by atoms with Gasteiger partial charge in [-0.25, -0.2) is 4.79 Å². The second kappa shape index (κ2) is 3.70. The van der Waals surface area contributed by atoms with Crippen LogP contribution in [0.25, 0.3) is 0 Å². The van der Waals surface area contributed by atoms with E-state index < -0.39 is 5.97 Å². The Labute approximate surface area is 110 Å². The normalized spacial score (nSPS) is 24.8. The van der Waals surface area contributed by atoms with Crippen molar-refractivity contribution in [2.45, 2.75) is 18.9 Å². The molecule has 3 aliphatic heterocycles. The monoisotopic (exact) mass is 255 g/mol. The molecule has 4 rings (SSSR count). The number of cyclic esters (lactones) is 1. The van der Waals surface area contributed by atoms with Crippen LogP contribution < -0.4 is 0 Å². The van der Waals surface area contributed by atoms with E-state index in [1.807, 2.05) is 12.1 Å². The van der Waals surface area contributed by atoms with Gasteiger partial charge in [-0.1, -0.05) is 24.3 Å². The first-order valence-electron chi connectivity index (χ1n) is 6.53. The van der Waals surface area contributed by atoms with Gasteiger partial charge in [0.15, 0.2) is 5.78 Å². The Morgan fingerprint density at radius 1 is 1.21 bits per heavy atom. The van der Waals surface area contributed by atoms with E-state index in [1.165, 1.54) is 11.1 Å². The molecule has 1 atom stereocenters. The molecule has 0 aromatic heterocycles. The fourth-order valence-corrected chi connectivity index (χ4v) is 3.37. The van der Waals surface area contributed by atoms with Crippen molar-refractivity contribution in [3.63, 3.8) is 0 Å². The molecule has 0 saturated carbocycles. The molecule has 0 bridgehead atoms. The maximum Gasteiger partial charge on any atom is 0.344 e. The molecule has 0 spiro atoms. The fraction of sp³-hybridized carbons (Fsp3) is 0.333. The molecular formula is C15H13NO3. The zero-order valence-electron chi connectivity index (χ0n) is 10.4. The number of carbonyl (C=O) groups excluding carboxylic acids is 2. The van der Waals surface area contributed by atoms with Crippen LogP contribution in [-0.2, 0) is 20.7 Å². The van der Waals surface area contributed by atoms with Gasteiger partial charge in [-0.3, -0.25) is 4.79 Å². The maximum absolute atomic E-state index is 12.2. The molecular weight excluding hydrogens is 242 g/mol. The van der Waals surface area contributed by atoms with Crippen molar-refractivity contribution in [3.8, 4) is 0 Å². The first-order valence-corrected chi connectivity index (χ1v) is 6.53. The zero-order valence-corrected chi connectivity index (χ0v) is 10.4. The topological polar surface area (TPSA) is 46.6 Å². The molecule has 0 N–H and O–H groups in total. The number of hydrogen-bond donors (Lipinski definition) is 0. The van der Waals surface area contributed by atoms with E-state index in [4.69, 9.17) is 4.74 Å². The fourth-order valence-electron chi connectivity index (χ4n) is 3.37. The van der Waals surface area contributed by atoms with Gasteiger partial charge in [0.1, 0.15) is 12.2 Å². The molecule has 0 amide bonds. The number of Topliss-reactive ketones (excluding diaryl/α,β-unsaturated/α-hetero) is 1. The lowest BCUT2D eigenvalue weighted by molar-refractivity contribution is -0.137. The molecule has 96 valence electrons. The van der Waals surface area contributed by atoms with E-state index in [-0.39, 0.29) is 24.0 Å². The largest absolute Gasteiger partial charge is 0.456 e. The lowest BCUT2D eigenvalue weighted by Crippen LogP contribution is -2.40. The number of carbonyl (C=O) groups is 2. The summed E-state index contributed by atoms with van der Waals surface area (Å²) in [6.07, 6.45) is 1.33. The third-order valence-corrected chi connectivity index (χ3v) is 4.25. The van der Waals surface area contributed by atoms with Crippen LogP contribution in [0.5, 0.6) is 0 Å². The van der Waals surface area contributed by atoms with Crippen molar-refractivity contribution >= 4 is 11.8 Å². The molecule has 4 nitrogen and oxygen atoms in total. The van der Waals surface area contributed by atoms with Gasteiger partial charge in [0, 0.05) is 13.0 Å². The molecule has 1 aromatic carbocycles. The standard InChI is InChI=1S/C15H13NO3/c17-13-7-11-10-4-2-1-3-9(10)5-6-16(11)12-8-19-15(18)14(12)13/h1-4,11H,5-8H2/t11-/m1/s1. The lowest BCUT2D eigenvalue weighted by Gasteiger charge is -2.41. The van der Waals surface area contributed by atoms with E-state index in [2.05, 4.69) is 17.0 Å². The molecule has 0 radical (unpaired) electrons. The Morgan fingerprint density at radius 2 is 2.05 bits per heavy atom. The highest BCUT2D eigenvalue weighted by atomic mass is 16.5. The number of esters is 1. The minimum Gasteiger partial charge on any atom is -0.456 e. The van der Waals surface area contributed by atoms with Crippen molar-refractivity contribution in [2.24, 2.45) is 0 Å². The van der Waals surface area contributed by atoms with E-state index in [0.717, 1.165) is 18.7 Å². The van der Waals surface area contributed by atoms with E-state index >= 15 is 0 Å². The second-order valence-electron chi connectivity index (χ2n) is 5.18. The summed E-state index contributed by atoms with van der Waals surface area (Å²) in [5.74, 6) is -0.521. The number of rotatable bonds is 0. The van der Waals surface area contributed by atoms with Crippen LogP contribution in [0.15, 0.2) is 35.5 Å². The Kier molecular flexibility index (Phi) is 2.10. The van der Waals surface area contributed by atoms with E-state index in [0.29, 0.717) is 6.42 Å². The summed E-state index contributed by atoms with van der Waals surface area (Å²) >= 11 is 0. The number of hydrogen-bond acceptors (Lipinski definition) is 4. The zero-order chi connectivity index (χ0) is 13.0. The summed E-state index contributed by atoms with van der Waals surface area (Å²) in [7, 11) is 0. The third kappa shape index (κ3) is 1.40. The number of benzene rings is 1. The molecule has 0 fully saturated rings. The number of nitrogens with zero attached hydrogens (tertiary/aromatic N) is 1. The van der Waals surface area contributed by atoms with Crippen molar-refractivity contribution < 1.29 is 14.3 Å². The van der Waals surface area contributed by atoms with E-state index in [1.54, 1.807) is 0 Å². The number of fused-ring (bicyclic) bond motifs is 4. The highest BCUT2D eigenvalue weighted by Crippen LogP contribution is 2.41. The Balaban J connectivity index is 1.84. The van der Waals surface area contributed by atoms with Crippen LogP contribution in [-0.4, -0.2) is 29.8 Å². The summed E-state index contributed by atoms with van der Waals surface area (Å²) in [6.45, 7) is 1.10. The van der Waals surface area contributed by atoms with Gasteiger partial charge >= 0.3 is 5.97 Å². The smallest absolute Gasteiger partial charge is 0.344 e. The average molecular weight is 255 g/mol. The minimum atomic E-state index is -0.447. The van der Waals surface area contributed by atoms with Crippen LogP contribution in [0.3, 0.4) is 0 Å². The minimum absolute atomic E-state index is 0.0737. The van der Waals surface area contributed by atoms with Gasteiger partial charge in [-0.15, -0.1) is 0 Å². The van der Waals surface area contributed by atoms with Crippen molar-refractivity contribution in [1.82, 2.24) is 4.90 Å². The summed E-state index contributed by atoms with van der Waals surface area (Å²) in [6, 6.07) is 8.32. The highest BCUT2D eigenvalue weighted by molar-refractivity contribution is 6.19. The molecule has 0 aliphatic carbocycles. The highest BCUT2D eigenvalue weighted by Gasteiger charge is 2.43. The van der Waals surface area contributed by atoms with Crippen LogP contribution in [0.2, 0.25) is 0 Å². The SMILES string of the molecule is O=C1C[C@@H]2c3ccccc3CCN2C2=C1C(=O)OC2. The van der Waals surface area contributed by atoms with Crippen LogP contribution >= 0.6 is 0 Å². The van der Waals surface area contributed by atoms with Gasteiger partial charge in [0.05, 0.1) is 11.7 Å². The molecule has 19 heavy (non-hydrogen) atoms. The number of ether oxygens (including phenoxy) is 1. The Bertz CT molecular complexity index is 632. The Hall–Kier alpha value is -2.10. The quantitative estimate of drug-likeness (QED) is 0.519. The molecule has 4 heteroatoms.